The summed E-state index contributed by atoms with van der Waals surface area (Å²) in [5.74, 6) is 3.73. The lowest BCUT2D eigenvalue weighted by Crippen LogP contribution is -2.03. The van der Waals surface area contributed by atoms with Crippen LogP contribution < -0.4 is 14.2 Å². The van der Waals surface area contributed by atoms with Crippen LogP contribution in [0.1, 0.15) is 18.9 Å². The van der Waals surface area contributed by atoms with Crippen LogP contribution in [0.2, 0.25) is 0 Å². The number of hydrogen-bond donors (Lipinski definition) is 0. The Balaban J connectivity index is 1.69. The molecule has 184 valence electrons. The van der Waals surface area contributed by atoms with Gasteiger partial charge in [-0.1, -0.05) is 43.3 Å². The second kappa shape index (κ2) is 10.5. The van der Waals surface area contributed by atoms with Crippen molar-refractivity contribution in [2.75, 3.05) is 27.1 Å². The zero-order chi connectivity index (χ0) is 25.1. The van der Waals surface area contributed by atoms with Crippen LogP contribution in [0.25, 0.3) is 33.2 Å². The molecule has 0 aliphatic rings. The molecule has 0 radical (unpaired) electrons. The number of rotatable bonds is 9. The van der Waals surface area contributed by atoms with E-state index in [-0.39, 0.29) is 0 Å². The summed E-state index contributed by atoms with van der Waals surface area (Å²) in [4.78, 5) is 6.32. The van der Waals surface area contributed by atoms with Gasteiger partial charge in [-0.25, -0.2) is 4.98 Å². The lowest BCUT2D eigenvalue weighted by Gasteiger charge is -2.15. The summed E-state index contributed by atoms with van der Waals surface area (Å²) in [6.45, 7) is 2.90. The monoisotopic (exact) mass is 498 g/mol. The van der Waals surface area contributed by atoms with Crippen molar-refractivity contribution in [1.29, 1.82) is 0 Å². The van der Waals surface area contributed by atoms with E-state index in [1.54, 1.807) is 21.3 Å². The molecule has 0 unspecified atom stereocenters. The molecule has 0 aliphatic carbocycles. The first kappa shape index (κ1) is 24.1. The fraction of sp³-hybridized carbons (Fsp3) is 0.233. The van der Waals surface area contributed by atoms with Crippen molar-refractivity contribution >= 4 is 33.6 Å². The number of nitrogens with zero attached hydrogens (tertiary/aromatic N) is 2. The highest BCUT2D eigenvalue weighted by atomic mass is 32.2. The molecule has 0 amide bonds. The van der Waals surface area contributed by atoms with Gasteiger partial charge in [0.15, 0.2) is 11.5 Å². The number of fused-ring (bicyclic) bond motifs is 2. The van der Waals surface area contributed by atoms with E-state index in [0.717, 1.165) is 34.6 Å². The summed E-state index contributed by atoms with van der Waals surface area (Å²) in [6, 6.07) is 25.6. The Bertz CT molecular complexity index is 1500. The van der Waals surface area contributed by atoms with Crippen molar-refractivity contribution in [3.8, 4) is 28.6 Å². The molecule has 1 heterocycles. The van der Waals surface area contributed by atoms with Gasteiger partial charge in [0.25, 0.3) is 0 Å². The Morgan fingerprint density at radius 2 is 1.56 bits per heavy atom. The summed E-state index contributed by atoms with van der Waals surface area (Å²) in [5, 5.41) is 2.47. The third kappa shape index (κ3) is 4.61. The zero-order valence-corrected chi connectivity index (χ0v) is 21.9. The zero-order valence-electron chi connectivity index (χ0n) is 21.1. The van der Waals surface area contributed by atoms with E-state index < -0.39 is 0 Å². The molecule has 5 rings (SSSR count). The molecule has 0 atom stereocenters. The second-order valence-corrected chi connectivity index (χ2v) is 9.78. The van der Waals surface area contributed by atoms with Gasteiger partial charge in [0.1, 0.15) is 5.82 Å². The van der Waals surface area contributed by atoms with E-state index in [1.807, 2.05) is 23.9 Å². The van der Waals surface area contributed by atoms with Crippen LogP contribution in [0.4, 0.5) is 0 Å². The van der Waals surface area contributed by atoms with Gasteiger partial charge >= 0.3 is 0 Å². The van der Waals surface area contributed by atoms with Crippen molar-refractivity contribution < 1.29 is 14.2 Å². The van der Waals surface area contributed by atoms with Gasteiger partial charge in [-0.2, -0.15) is 0 Å². The van der Waals surface area contributed by atoms with Crippen molar-refractivity contribution in [3.05, 3.63) is 78.4 Å². The van der Waals surface area contributed by atoms with Crippen LogP contribution in [-0.2, 0) is 6.54 Å². The number of ether oxygens (including phenoxy) is 3. The molecule has 6 heteroatoms. The molecule has 0 spiro atoms. The highest BCUT2D eigenvalue weighted by molar-refractivity contribution is 7.99. The maximum atomic E-state index is 5.64. The molecule has 4 aromatic carbocycles. The third-order valence-corrected chi connectivity index (χ3v) is 7.47. The van der Waals surface area contributed by atoms with Gasteiger partial charge in [0.2, 0.25) is 5.75 Å². The summed E-state index contributed by atoms with van der Waals surface area (Å²) in [7, 11) is 4.89. The maximum absolute atomic E-state index is 5.64. The molecule has 5 aromatic rings. The molecule has 5 nitrogen and oxygen atoms in total. The average Bonchev–Trinajstić information content (AvgIpc) is 3.28. The van der Waals surface area contributed by atoms with Crippen LogP contribution >= 0.6 is 11.8 Å². The van der Waals surface area contributed by atoms with E-state index in [4.69, 9.17) is 19.2 Å². The first-order valence-corrected chi connectivity index (χ1v) is 13.0. The molecule has 0 saturated carbocycles. The van der Waals surface area contributed by atoms with Crippen molar-refractivity contribution in [2.45, 2.75) is 24.8 Å². The SMILES string of the molecule is CCCSc1ccc2nc(-c3cc(OC)c(OC)c(OC)c3)n(Cc3ccc4ccccc4c3)c2c1. The molecule has 0 fully saturated rings. The average molecular weight is 499 g/mol. The fourth-order valence-corrected chi connectivity index (χ4v) is 5.32. The minimum Gasteiger partial charge on any atom is -0.493 e. The molecule has 36 heavy (non-hydrogen) atoms. The Labute approximate surface area is 216 Å². The van der Waals surface area contributed by atoms with Crippen molar-refractivity contribution in [2.24, 2.45) is 0 Å². The normalized spacial score (nSPS) is 11.2. The summed E-state index contributed by atoms with van der Waals surface area (Å²) < 4.78 is 19.1. The Morgan fingerprint density at radius 3 is 2.25 bits per heavy atom. The fourth-order valence-electron chi connectivity index (χ4n) is 4.52. The molecule has 1 aromatic heterocycles. The van der Waals surface area contributed by atoms with E-state index in [0.29, 0.717) is 23.8 Å². The maximum Gasteiger partial charge on any atom is 0.203 e. The predicted octanol–water partition coefficient (Wildman–Crippen LogP) is 7.43. The quantitative estimate of drug-likeness (QED) is 0.198. The molecule has 0 aliphatic heterocycles. The van der Waals surface area contributed by atoms with Crippen LogP contribution in [0.15, 0.2) is 77.7 Å². The second-order valence-electron chi connectivity index (χ2n) is 8.62. The Hall–Kier alpha value is -3.64. The first-order valence-electron chi connectivity index (χ1n) is 12.1. The minimum atomic E-state index is 0.569. The van der Waals surface area contributed by atoms with E-state index in [9.17, 15) is 0 Å². The molecule has 0 N–H and O–H groups in total. The summed E-state index contributed by atoms with van der Waals surface area (Å²) in [5.41, 5.74) is 4.19. The van der Waals surface area contributed by atoms with Crippen LogP contribution in [0.5, 0.6) is 17.2 Å². The van der Waals surface area contributed by atoms with Crippen molar-refractivity contribution in [3.63, 3.8) is 0 Å². The van der Waals surface area contributed by atoms with Gasteiger partial charge in [-0.15, -0.1) is 11.8 Å². The first-order chi connectivity index (χ1) is 17.6. The Kier molecular flexibility index (Phi) is 7.05. The number of benzene rings is 4. The lowest BCUT2D eigenvalue weighted by atomic mass is 10.1. The molecule has 0 bridgehead atoms. The van der Waals surface area contributed by atoms with Gasteiger partial charge < -0.3 is 18.8 Å². The molecule has 0 saturated heterocycles. The molecular formula is C30H30N2O3S. The number of thioether (sulfide) groups is 1. The van der Waals surface area contributed by atoms with Crippen LogP contribution in [-0.4, -0.2) is 36.6 Å². The minimum absolute atomic E-state index is 0.569. The van der Waals surface area contributed by atoms with Gasteiger partial charge in [-0.3, -0.25) is 0 Å². The van der Waals surface area contributed by atoms with Crippen LogP contribution in [0, 0.1) is 0 Å². The highest BCUT2D eigenvalue weighted by Gasteiger charge is 2.19. The number of hydrogen-bond acceptors (Lipinski definition) is 5. The summed E-state index contributed by atoms with van der Waals surface area (Å²) >= 11 is 1.88. The number of imidazole rings is 1. The van der Waals surface area contributed by atoms with Crippen molar-refractivity contribution in [1.82, 2.24) is 9.55 Å². The molecular weight excluding hydrogens is 468 g/mol. The van der Waals surface area contributed by atoms with Crippen LogP contribution in [0.3, 0.4) is 0 Å². The third-order valence-electron chi connectivity index (χ3n) is 6.27. The number of methoxy groups -OCH3 is 3. The largest absolute Gasteiger partial charge is 0.493 e. The topological polar surface area (TPSA) is 45.5 Å². The summed E-state index contributed by atoms with van der Waals surface area (Å²) in [6.07, 6.45) is 1.13. The lowest BCUT2D eigenvalue weighted by molar-refractivity contribution is 0.324. The Morgan fingerprint density at radius 1 is 0.806 bits per heavy atom. The van der Waals surface area contributed by atoms with Gasteiger partial charge in [0, 0.05) is 17.0 Å². The van der Waals surface area contributed by atoms with E-state index in [1.165, 1.54) is 21.2 Å². The van der Waals surface area contributed by atoms with Gasteiger partial charge in [-0.05, 0) is 64.9 Å². The smallest absolute Gasteiger partial charge is 0.203 e. The number of aromatic nitrogens is 2. The highest BCUT2D eigenvalue weighted by Crippen LogP contribution is 2.42. The van der Waals surface area contributed by atoms with E-state index >= 15 is 0 Å². The van der Waals surface area contributed by atoms with Gasteiger partial charge in [0.05, 0.1) is 32.4 Å². The van der Waals surface area contributed by atoms with E-state index in [2.05, 4.69) is 72.2 Å². The standard InChI is InChI=1S/C30H30N2O3S/c1-5-14-36-24-12-13-25-26(18-24)32(19-20-10-11-21-8-6-7-9-22(21)15-20)30(31-25)23-16-27(33-2)29(35-4)28(17-23)34-3/h6-13,15-18H,5,14,19H2,1-4H3. The predicted molar refractivity (Wildman–Crippen MR) is 149 cm³/mol.